The van der Waals surface area contributed by atoms with E-state index in [0.29, 0.717) is 6.04 Å². The van der Waals surface area contributed by atoms with Crippen molar-refractivity contribution in [2.24, 2.45) is 0 Å². The lowest BCUT2D eigenvalue weighted by Crippen LogP contribution is -2.45. The Morgan fingerprint density at radius 3 is 2.47 bits per heavy atom. The molecule has 1 heterocycles. The highest BCUT2D eigenvalue weighted by Gasteiger charge is 2.28. The Labute approximate surface area is 120 Å². The summed E-state index contributed by atoms with van der Waals surface area (Å²) in [6.45, 7) is 2.08. The van der Waals surface area contributed by atoms with Crippen LogP contribution in [0.1, 0.15) is 23.8 Å². The van der Waals surface area contributed by atoms with E-state index in [9.17, 15) is 4.79 Å². The summed E-state index contributed by atoms with van der Waals surface area (Å²) in [5, 5.41) is -0.578. The summed E-state index contributed by atoms with van der Waals surface area (Å²) in [5.41, 5.74) is 0.869. The zero-order valence-corrected chi connectivity index (χ0v) is 12.3. The standard InChI is InChI=1S/C15H21ClN2O/c1-17-10-8-13(9-11-17)18(2)15(19)14(16)12-6-4-3-5-7-12/h3-7,13-14H,8-11H2,1-2H3. The van der Waals surface area contributed by atoms with Crippen molar-refractivity contribution in [2.75, 3.05) is 27.2 Å². The highest BCUT2D eigenvalue weighted by molar-refractivity contribution is 6.30. The SMILES string of the molecule is CN1CCC(N(C)C(=O)C(Cl)c2ccccc2)CC1. The summed E-state index contributed by atoms with van der Waals surface area (Å²) in [7, 11) is 3.99. The predicted octanol–water partition coefficient (Wildman–Crippen LogP) is 2.52. The summed E-state index contributed by atoms with van der Waals surface area (Å²) in [6, 6.07) is 9.86. The third-order valence-electron chi connectivity index (χ3n) is 3.89. The first-order valence-corrected chi connectivity index (χ1v) is 7.17. The van der Waals surface area contributed by atoms with E-state index >= 15 is 0 Å². The van der Waals surface area contributed by atoms with E-state index in [1.54, 1.807) is 0 Å². The quantitative estimate of drug-likeness (QED) is 0.795. The van der Waals surface area contributed by atoms with Crippen LogP contribution in [0.15, 0.2) is 30.3 Å². The molecule has 2 rings (SSSR count). The maximum absolute atomic E-state index is 12.4. The predicted molar refractivity (Wildman–Crippen MR) is 78.3 cm³/mol. The van der Waals surface area contributed by atoms with Crippen molar-refractivity contribution in [3.05, 3.63) is 35.9 Å². The van der Waals surface area contributed by atoms with E-state index in [-0.39, 0.29) is 5.91 Å². The summed E-state index contributed by atoms with van der Waals surface area (Å²) in [4.78, 5) is 16.5. The highest BCUT2D eigenvalue weighted by atomic mass is 35.5. The van der Waals surface area contributed by atoms with Gasteiger partial charge in [0.25, 0.3) is 0 Å². The highest BCUT2D eigenvalue weighted by Crippen LogP contribution is 2.25. The van der Waals surface area contributed by atoms with Crippen molar-refractivity contribution in [3.8, 4) is 0 Å². The van der Waals surface area contributed by atoms with E-state index in [2.05, 4.69) is 11.9 Å². The molecule has 104 valence electrons. The Bertz CT molecular complexity index is 415. The number of benzene rings is 1. The molecule has 0 saturated carbocycles. The summed E-state index contributed by atoms with van der Waals surface area (Å²) in [5.74, 6) is 0.00224. The minimum atomic E-state index is -0.578. The molecule has 1 atom stereocenters. The van der Waals surface area contributed by atoms with Crippen molar-refractivity contribution in [1.82, 2.24) is 9.80 Å². The zero-order chi connectivity index (χ0) is 13.8. The Morgan fingerprint density at radius 1 is 1.32 bits per heavy atom. The Kier molecular flexibility index (Phi) is 4.83. The summed E-state index contributed by atoms with van der Waals surface area (Å²) >= 11 is 6.30. The van der Waals surface area contributed by atoms with Gasteiger partial charge in [-0.25, -0.2) is 0 Å². The van der Waals surface area contributed by atoms with Crippen LogP contribution in [0.2, 0.25) is 0 Å². The summed E-state index contributed by atoms with van der Waals surface area (Å²) < 4.78 is 0. The molecule has 0 bridgehead atoms. The van der Waals surface area contributed by atoms with Gasteiger partial charge in [0.1, 0.15) is 5.38 Å². The first-order chi connectivity index (χ1) is 9.09. The number of amides is 1. The van der Waals surface area contributed by atoms with Crippen LogP contribution in [0.25, 0.3) is 0 Å². The molecule has 1 amide bonds. The maximum Gasteiger partial charge on any atom is 0.245 e. The van der Waals surface area contributed by atoms with Crippen molar-refractivity contribution in [2.45, 2.75) is 24.3 Å². The van der Waals surface area contributed by atoms with Crippen molar-refractivity contribution < 1.29 is 4.79 Å². The molecule has 1 aliphatic heterocycles. The number of rotatable bonds is 3. The Hall–Kier alpha value is -1.06. The lowest BCUT2D eigenvalue weighted by Gasteiger charge is -2.36. The minimum Gasteiger partial charge on any atom is -0.341 e. The molecule has 0 N–H and O–H groups in total. The topological polar surface area (TPSA) is 23.6 Å². The summed E-state index contributed by atoms with van der Waals surface area (Å²) in [6.07, 6.45) is 2.05. The number of hydrogen-bond acceptors (Lipinski definition) is 2. The molecule has 0 spiro atoms. The first kappa shape index (κ1) is 14.4. The fourth-order valence-corrected chi connectivity index (χ4v) is 2.80. The van der Waals surface area contributed by atoms with Gasteiger partial charge in [0.2, 0.25) is 5.91 Å². The average Bonchev–Trinajstić information content (AvgIpc) is 2.46. The van der Waals surface area contributed by atoms with Crippen LogP contribution in [0.5, 0.6) is 0 Å². The molecule has 19 heavy (non-hydrogen) atoms. The lowest BCUT2D eigenvalue weighted by molar-refractivity contribution is -0.132. The number of carbonyl (C=O) groups excluding carboxylic acids is 1. The molecule has 0 aliphatic carbocycles. The van der Waals surface area contributed by atoms with Crippen LogP contribution in [-0.4, -0.2) is 48.9 Å². The van der Waals surface area contributed by atoms with E-state index in [0.717, 1.165) is 31.5 Å². The molecule has 1 aromatic rings. The fourth-order valence-electron chi connectivity index (χ4n) is 2.51. The van der Waals surface area contributed by atoms with E-state index in [4.69, 9.17) is 11.6 Å². The van der Waals surface area contributed by atoms with Gasteiger partial charge in [-0.1, -0.05) is 30.3 Å². The number of alkyl halides is 1. The Balaban J connectivity index is 1.99. The zero-order valence-electron chi connectivity index (χ0n) is 11.6. The number of carbonyl (C=O) groups is 1. The molecule has 1 fully saturated rings. The van der Waals surface area contributed by atoms with Crippen molar-refractivity contribution in [1.29, 1.82) is 0 Å². The van der Waals surface area contributed by atoms with Gasteiger partial charge >= 0.3 is 0 Å². The molecule has 1 aromatic carbocycles. The van der Waals surface area contributed by atoms with Crippen molar-refractivity contribution >= 4 is 17.5 Å². The molecular formula is C15H21ClN2O. The van der Waals surface area contributed by atoms with Gasteiger partial charge in [-0.3, -0.25) is 4.79 Å². The lowest BCUT2D eigenvalue weighted by atomic mass is 10.0. The first-order valence-electron chi connectivity index (χ1n) is 6.74. The second kappa shape index (κ2) is 6.40. The van der Waals surface area contributed by atoms with Gasteiger partial charge in [-0.05, 0) is 38.5 Å². The largest absolute Gasteiger partial charge is 0.341 e. The molecular weight excluding hydrogens is 260 g/mol. The second-order valence-corrected chi connectivity index (χ2v) is 5.69. The number of halogens is 1. The van der Waals surface area contributed by atoms with E-state index in [1.165, 1.54) is 0 Å². The van der Waals surface area contributed by atoms with E-state index in [1.807, 2.05) is 42.3 Å². The Morgan fingerprint density at radius 2 is 1.89 bits per heavy atom. The smallest absolute Gasteiger partial charge is 0.245 e. The van der Waals surface area contributed by atoms with Gasteiger partial charge in [0, 0.05) is 13.1 Å². The molecule has 1 aliphatic rings. The number of hydrogen-bond donors (Lipinski definition) is 0. The van der Waals surface area contributed by atoms with Crippen LogP contribution >= 0.6 is 11.6 Å². The molecule has 1 saturated heterocycles. The number of nitrogens with zero attached hydrogens (tertiary/aromatic N) is 2. The normalized spacial score (nSPS) is 19.1. The molecule has 3 nitrogen and oxygen atoms in total. The third-order valence-corrected chi connectivity index (χ3v) is 4.33. The third kappa shape index (κ3) is 3.48. The number of likely N-dealkylation sites (tertiary alicyclic amines) is 1. The minimum absolute atomic E-state index is 0.00224. The van der Waals surface area contributed by atoms with Gasteiger partial charge in [0.15, 0.2) is 0 Å². The number of likely N-dealkylation sites (N-methyl/N-ethyl adjacent to an activating group) is 1. The molecule has 1 unspecified atom stereocenters. The van der Waals surface area contributed by atoms with E-state index < -0.39 is 5.38 Å². The van der Waals surface area contributed by atoms with Crippen LogP contribution in [0.3, 0.4) is 0 Å². The van der Waals surface area contributed by atoms with Gasteiger partial charge in [-0.2, -0.15) is 0 Å². The molecule has 4 heteroatoms. The van der Waals surface area contributed by atoms with Crippen LogP contribution < -0.4 is 0 Å². The van der Waals surface area contributed by atoms with Crippen LogP contribution in [0.4, 0.5) is 0 Å². The van der Waals surface area contributed by atoms with Gasteiger partial charge in [-0.15, -0.1) is 11.6 Å². The molecule has 0 radical (unpaired) electrons. The number of piperidine rings is 1. The average molecular weight is 281 g/mol. The monoisotopic (exact) mass is 280 g/mol. The van der Waals surface area contributed by atoms with Crippen LogP contribution in [0, 0.1) is 0 Å². The van der Waals surface area contributed by atoms with Crippen molar-refractivity contribution in [3.63, 3.8) is 0 Å². The maximum atomic E-state index is 12.4. The fraction of sp³-hybridized carbons (Fsp3) is 0.533. The molecule has 0 aromatic heterocycles. The van der Waals surface area contributed by atoms with Crippen LogP contribution in [-0.2, 0) is 4.79 Å². The second-order valence-electron chi connectivity index (χ2n) is 5.26. The van der Waals surface area contributed by atoms with Gasteiger partial charge < -0.3 is 9.80 Å². The van der Waals surface area contributed by atoms with Gasteiger partial charge in [0.05, 0.1) is 0 Å².